The summed E-state index contributed by atoms with van der Waals surface area (Å²) >= 11 is 0. The highest BCUT2D eigenvalue weighted by Gasteiger charge is 2.44. The fourth-order valence-electron chi connectivity index (χ4n) is 1.87. The zero-order chi connectivity index (χ0) is 15.8. The molecule has 2 heterocycles. The lowest BCUT2D eigenvalue weighted by Gasteiger charge is -2.16. The number of nitrogens with two attached hydrogens (primary N) is 1. The van der Waals surface area contributed by atoms with Crippen molar-refractivity contribution in [3.8, 4) is 0 Å². The predicted molar refractivity (Wildman–Crippen MR) is 66.3 cm³/mol. The van der Waals surface area contributed by atoms with E-state index in [1.807, 2.05) is 0 Å². The summed E-state index contributed by atoms with van der Waals surface area (Å²) in [6.07, 6.45) is -4.41. The lowest BCUT2D eigenvalue weighted by atomic mass is 10.1. The minimum absolute atomic E-state index is 0.0319. The molecule has 5 N–H and O–H groups in total. The van der Waals surface area contributed by atoms with Gasteiger partial charge in [-0.2, -0.15) is 13.4 Å². The molecule has 0 radical (unpaired) electrons. The van der Waals surface area contributed by atoms with Crippen LogP contribution in [0.5, 0.6) is 0 Å². The van der Waals surface area contributed by atoms with E-state index >= 15 is 0 Å². The number of aliphatic hydroxyl groups is 2. The maximum atomic E-state index is 11.6. The third kappa shape index (κ3) is 3.55. The van der Waals surface area contributed by atoms with E-state index in [9.17, 15) is 23.4 Å². The van der Waals surface area contributed by atoms with Crippen LogP contribution in [0.25, 0.3) is 0 Å². The highest BCUT2D eigenvalue weighted by Crippen LogP contribution is 2.28. The zero-order valence-corrected chi connectivity index (χ0v) is 11.3. The Morgan fingerprint density at radius 1 is 1.43 bits per heavy atom. The number of aliphatic hydroxyl groups excluding tert-OH is 2. The topological polar surface area (TPSA) is 174 Å². The van der Waals surface area contributed by atoms with Gasteiger partial charge < -0.3 is 20.7 Å². The van der Waals surface area contributed by atoms with Crippen molar-refractivity contribution in [1.82, 2.24) is 9.55 Å². The molecule has 21 heavy (non-hydrogen) atoms. The van der Waals surface area contributed by atoms with Crippen LogP contribution in [-0.2, 0) is 19.3 Å². The second kappa shape index (κ2) is 5.67. The molecular weight excluding hydrogens is 310 g/mol. The van der Waals surface area contributed by atoms with E-state index in [4.69, 9.17) is 15.0 Å². The van der Waals surface area contributed by atoms with Crippen molar-refractivity contribution in [2.75, 3.05) is 12.3 Å². The van der Waals surface area contributed by atoms with Crippen LogP contribution in [0.15, 0.2) is 17.1 Å². The van der Waals surface area contributed by atoms with Gasteiger partial charge in [0.25, 0.3) is 0 Å². The summed E-state index contributed by atoms with van der Waals surface area (Å²) in [6.45, 7) is -0.731. The van der Waals surface area contributed by atoms with Crippen molar-refractivity contribution in [3.63, 3.8) is 0 Å². The fraction of sp³-hybridized carbons (Fsp3) is 0.556. The van der Waals surface area contributed by atoms with E-state index in [1.165, 1.54) is 12.3 Å². The van der Waals surface area contributed by atoms with E-state index in [1.54, 1.807) is 0 Å². The van der Waals surface area contributed by atoms with Crippen molar-refractivity contribution >= 4 is 16.2 Å². The van der Waals surface area contributed by atoms with E-state index in [0.29, 0.717) is 0 Å². The Kier molecular flexibility index (Phi) is 4.27. The van der Waals surface area contributed by atoms with E-state index in [0.717, 1.165) is 4.57 Å². The number of nitrogens with zero attached hydrogens (tertiary/aromatic N) is 2. The van der Waals surface area contributed by atoms with Crippen LogP contribution in [0, 0.1) is 0 Å². The summed E-state index contributed by atoms with van der Waals surface area (Å²) < 4.78 is 39.5. The predicted octanol–water partition coefficient (Wildman–Crippen LogP) is -2.74. The van der Waals surface area contributed by atoms with Crippen LogP contribution >= 0.6 is 0 Å². The molecule has 1 aromatic heterocycles. The Balaban J connectivity index is 2.18. The highest BCUT2D eigenvalue weighted by molar-refractivity contribution is 7.80. The van der Waals surface area contributed by atoms with Crippen LogP contribution in [0.2, 0.25) is 0 Å². The van der Waals surface area contributed by atoms with Gasteiger partial charge in [0.2, 0.25) is 0 Å². The first-order valence-corrected chi connectivity index (χ1v) is 7.03. The third-order valence-electron chi connectivity index (χ3n) is 2.84. The first kappa shape index (κ1) is 15.8. The van der Waals surface area contributed by atoms with Gasteiger partial charge >= 0.3 is 16.1 Å². The van der Waals surface area contributed by atoms with E-state index in [-0.39, 0.29) is 5.82 Å². The molecule has 1 fully saturated rings. The maximum Gasteiger partial charge on any atom is 0.397 e. The van der Waals surface area contributed by atoms with Crippen molar-refractivity contribution in [2.45, 2.75) is 24.5 Å². The number of hydrogen-bond acceptors (Lipinski definition) is 9. The summed E-state index contributed by atoms with van der Waals surface area (Å²) in [7, 11) is -4.72. The molecular formula is C9H13N3O8S. The Hall–Kier alpha value is -1.57. The quantitative estimate of drug-likeness (QED) is 0.425. The van der Waals surface area contributed by atoms with Gasteiger partial charge in [-0.3, -0.25) is 9.12 Å². The van der Waals surface area contributed by atoms with Crippen LogP contribution in [0.1, 0.15) is 6.23 Å². The highest BCUT2D eigenvalue weighted by atomic mass is 32.3. The Morgan fingerprint density at radius 3 is 2.67 bits per heavy atom. The summed E-state index contributed by atoms with van der Waals surface area (Å²) in [6, 6.07) is 1.28. The number of rotatable bonds is 4. The first-order valence-electron chi connectivity index (χ1n) is 5.67. The van der Waals surface area contributed by atoms with Crippen molar-refractivity contribution in [3.05, 3.63) is 22.7 Å². The largest absolute Gasteiger partial charge is 0.397 e. The standard InChI is InChI=1S/C9H13N3O8S/c10-5-1-2-12(9(15)11-5)8-7(14)6(13)4(20-8)3-19-21(16,17)18/h1-2,4,6-8,13-14H,3H2,(H2,10,11,15)(H,16,17,18). The Bertz CT molecular complexity index is 674. The molecule has 1 saturated heterocycles. The van der Waals surface area contributed by atoms with Crippen LogP contribution in [0.4, 0.5) is 5.82 Å². The molecule has 0 bridgehead atoms. The number of nitrogen functional groups attached to an aromatic ring is 1. The normalized spacial score (nSPS) is 29.7. The van der Waals surface area contributed by atoms with Gasteiger partial charge in [-0.05, 0) is 6.07 Å². The zero-order valence-electron chi connectivity index (χ0n) is 10.4. The first-order chi connectivity index (χ1) is 9.69. The van der Waals surface area contributed by atoms with E-state index in [2.05, 4.69) is 9.17 Å². The summed E-state index contributed by atoms with van der Waals surface area (Å²) in [5.74, 6) is -0.0319. The number of hydrogen-bond donors (Lipinski definition) is 4. The minimum Gasteiger partial charge on any atom is -0.387 e. The van der Waals surface area contributed by atoms with Gasteiger partial charge in [-0.15, -0.1) is 0 Å². The fourth-order valence-corrected chi connectivity index (χ4v) is 2.18. The molecule has 12 heteroatoms. The van der Waals surface area contributed by atoms with Crippen LogP contribution in [0.3, 0.4) is 0 Å². The molecule has 1 aliphatic rings. The number of anilines is 1. The average molecular weight is 323 g/mol. The molecule has 11 nitrogen and oxygen atoms in total. The molecule has 0 saturated carbocycles. The molecule has 4 unspecified atom stereocenters. The van der Waals surface area contributed by atoms with Gasteiger partial charge in [0, 0.05) is 6.20 Å². The van der Waals surface area contributed by atoms with Crippen molar-refractivity contribution in [2.24, 2.45) is 0 Å². The summed E-state index contributed by atoms with van der Waals surface area (Å²) in [4.78, 5) is 15.1. The van der Waals surface area contributed by atoms with Crippen molar-refractivity contribution in [1.29, 1.82) is 0 Å². The number of aromatic nitrogens is 2. The minimum atomic E-state index is -4.72. The van der Waals surface area contributed by atoms with Crippen LogP contribution in [-0.4, -0.2) is 57.7 Å². The van der Waals surface area contributed by atoms with Gasteiger partial charge in [0.05, 0.1) is 6.61 Å². The summed E-state index contributed by atoms with van der Waals surface area (Å²) in [5.41, 5.74) is 4.50. The molecule has 2 rings (SSSR count). The second-order valence-corrected chi connectivity index (χ2v) is 5.39. The van der Waals surface area contributed by atoms with Gasteiger partial charge in [0.1, 0.15) is 24.1 Å². The molecule has 1 aromatic rings. The average Bonchev–Trinajstić information content (AvgIpc) is 2.64. The maximum absolute atomic E-state index is 11.6. The Morgan fingerprint density at radius 2 is 2.10 bits per heavy atom. The van der Waals surface area contributed by atoms with Crippen LogP contribution < -0.4 is 11.4 Å². The summed E-state index contributed by atoms with van der Waals surface area (Å²) in [5, 5.41) is 19.6. The lowest BCUT2D eigenvalue weighted by Crippen LogP contribution is -2.36. The number of ether oxygens (including phenoxy) is 1. The molecule has 0 aliphatic carbocycles. The molecule has 0 amide bonds. The molecule has 4 atom stereocenters. The molecule has 0 spiro atoms. The van der Waals surface area contributed by atoms with Gasteiger partial charge in [0.15, 0.2) is 6.23 Å². The SMILES string of the molecule is Nc1ccn(C2OC(COS(=O)(=O)O)C(O)C2O)c(=O)n1. The van der Waals surface area contributed by atoms with Gasteiger partial charge in [-0.1, -0.05) is 0 Å². The molecule has 1 aliphatic heterocycles. The lowest BCUT2D eigenvalue weighted by molar-refractivity contribution is -0.0518. The van der Waals surface area contributed by atoms with E-state index < -0.39 is 47.2 Å². The van der Waals surface area contributed by atoms with Crippen molar-refractivity contribution < 1.29 is 32.1 Å². The second-order valence-electron chi connectivity index (χ2n) is 4.30. The smallest absolute Gasteiger partial charge is 0.387 e. The monoisotopic (exact) mass is 323 g/mol. The molecule has 118 valence electrons. The Labute approximate surface area is 118 Å². The third-order valence-corrected chi connectivity index (χ3v) is 3.28. The van der Waals surface area contributed by atoms with Gasteiger partial charge in [-0.25, -0.2) is 8.98 Å². The molecule has 0 aromatic carbocycles.